The fraction of sp³-hybridized carbons (Fsp3) is 0.455. The van der Waals surface area contributed by atoms with E-state index in [1.807, 2.05) is 6.07 Å². The fourth-order valence-electron chi connectivity index (χ4n) is 3.30. The number of hydrogen-bond acceptors (Lipinski definition) is 9. The predicted octanol–water partition coefficient (Wildman–Crippen LogP) is 0.405. The number of benzene rings is 1. The lowest BCUT2D eigenvalue weighted by atomic mass is 10.1. The van der Waals surface area contributed by atoms with Gasteiger partial charge in [-0.25, -0.2) is 4.79 Å². The number of likely N-dealkylation sites (tertiary alicyclic amines) is 1. The number of nitrogens with one attached hydrogen (secondary N) is 2. The highest BCUT2D eigenvalue weighted by molar-refractivity contribution is 14.1. The van der Waals surface area contributed by atoms with Crippen LogP contribution in [0.5, 0.6) is 0 Å². The molecule has 0 aliphatic carbocycles. The van der Waals surface area contributed by atoms with E-state index in [0.717, 1.165) is 20.2 Å². The minimum Gasteiger partial charge on any atom is -0.480 e. The molecule has 1 fully saturated rings. The second kappa shape index (κ2) is 14.5. The van der Waals surface area contributed by atoms with Crippen LogP contribution in [-0.4, -0.2) is 80.9 Å². The van der Waals surface area contributed by atoms with E-state index >= 15 is 0 Å². The van der Waals surface area contributed by atoms with Crippen LogP contribution in [0.25, 0.3) is 0 Å². The molecule has 5 N–H and O–H groups in total. The zero-order chi connectivity index (χ0) is 26.8. The number of carbonyl (C=O) groups excluding carboxylic acids is 5. The van der Waals surface area contributed by atoms with Crippen LogP contribution in [-0.2, 0) is 24.0 Å². The smallest absolute Gasteiger partial charge is 0.326 e. The van der Waals surface area contributed by atoms with E-state index in [1.54, 1.807) is 18.2 Å². The minimum atomic E-state index is -1.24. The fourth-order valence-corrected chi connectivity index (χ4v) is 5.12. The Morgan fingerprint density at radius 1 is 1.25 bits per heavy atom. The summed E-state index contributed by atoms with van der Waals surface area (Å²) in [6, 6.07) is 4.75. The van der Waals surface area contributed by atoms with Gasteiger partial charge in [0.25, 0.3) is 5.91 Å². The first-order valence-electron chi connectivity index (χ1n) is 11.0. The van der Waals surface area contributed by atoms with Gasteiger partial charge in [0.2, 0.25) is 22.8 Å². The molecular weight excluding hydrogens is 623 g/mol. The van der Waals surface area contributed by atoms with Crippen molar-refractivity contribution in [1.82, 2.24) is 15.5 Å². The van der Waals surface area contributed by atoms with Gasteiger partial charge >= 0.3 is 5.97 Å². The maximum absolute atomic E-state index is 12.5. The summed E-state index contributed by atoms with van der Waals surface area (Å²) in [7, 11) is 0. The van der Waals surface area contributed by atoms with Gasteiger partial charge < -0.3 is 21.5 Å². The summed E-state index contributed by atoms with van der Waals surface area (Å²) in [5.41, 5.74) is 5.98. The lowest BCUT2D eigenvalue weighted by molar-refractivity contribution is -0.142. The van der Waals surface area contributed by atoms with Crippen molar-refractivity contribution in [3.63, 3.8) is 0 Å². The van der Waals surface area contributed by atoms with Gasteiger partial charge in [0.1, 0.15) is 11.3 Å². The molecule has 196 valence electrons. The van der Waals surface area contributed by atoms with Gasteiger partial charge in [-0.15, -0.1) is 0 Å². The van der Waals surface area contributed by atoms with Crippen LogP contribution in [0.3, 0.4) is 0 Å². The van der Waals surface area contributed by atoms with Crippen LogP contribution >= 0.6 is 47.0 Å². The van der Waals surface area contributed by atoms with E-state index in [-0.39, 0.29) is 31.7 Å². The number of nitrogens with zero attached hydrogens (tertiary/aromatic N) is 1. The molecule has 0 spiro atoms. The van der Waals surface area contributed by atoms with E-state index in [0.29, 0.717) is 18.4 Å². The highest BCUT2D eigenvalue weighted by Gasteiger charge is 2.40. The molecule has 36 heavy (non-hydrogen) atoms. The van der Waals surface area contributed by atoms with Crippen molar-refractivity contribution in [2.75, 3.05) is 18.8 Å². The molecule has 2 rings (SSSR count). The number of carboxylic acids is 1. The zero-order valence-electron chi connectivity index (χ0n) is 19.1. The van der Waals surface area contributed by atoms with E-state index in [9.17, 15) is 33.9 Å². The summed E-state index contributed by atoms with van der Waals surface area (Å²) in [6.45, 7) is -0.312. The molecule has 1 aliphatic rings. The van der Waals surface area contributed by atoms with E-state index in [1.165, 1.54) is 0 Å². The Hall–Kier alpha value is -2.17. The van der Waals surface area contributed by atoms with Gasteiger partial charge in [0, 0.05) is 27.9 Å². The number of unbranched alkanes of at least 4 members (excludes halogenated alkanes) is 1. The number of imide groups is 1. The van der Waals surface area contributed by atoms with Crippen LogP contribution < -0.4 is 16.4 Å². The number of carboxylic acid groups (broad SMARTS) is 1. The monoisotopic (exact) mass is 650 g/mol. The minimum absolute atomic E-state index is 0.0651. The maximum Gasteiger partial charge on any atom is 0.326 e. The molecule has 1 unspecified atom stereocenters. The Kier molecular flexibility index (Phi) is 12.1. The summed E-state index contributed by atoms with van der Waals surface area (Å²) in [5.74, 6) is -3.11. The van der Waals surface area contributed by atoms with Gasteiger partial charge in [-0.05, 0) is 60.1 Å². The zero-order valence-corrected chi connectivity index (χ0v) is 23.0. The largest absolute Gasteiger partial charge is 0.480 e. The summed E-state index contributed by atoms with van der Waals surface area (Å²) in [6.07, 6.45) is 0.595. The molecule has 0 radical (unpaired) electrons. The van der Waals surface area contributed by atoms with Crippen molar-refractivity contribution in [3.05, 3.63) is 33.4 Å². The molecule has 1 aromatic carbocycles. The number of rotatable bonds is 13. The number of amides is 4. The molecule has 3 atom stereocenters. The molecule has 0 bridgehead atoms. The molecule has 1 aromatic rings. The quantitative estimate of drug-likeness (QED) is 0.0876. The van der Waals surface area contributed by atoms with Crippen molar-refractivity contribution in [2.45, 2.75) is 43.0 Å². The van der Waals surface area contributed by atoms with Gasteiger partial charge in [-0.2, -0.15) is 12.6 Å². The molecule has 1 aliphatic heterocycles. The molecule has 4 amide bonds. The lowest BCUT2D eigenvalue weighted by Crippen LogP contribution is -2.45. The van der Waals surface area contributed by atoms with E-state index in [2.05, 4.69) is 45.9 Å². The number of aliphatic carboxylic acids is 1. The van der Waals surface area contributed by atoms with E-state index < -0.39 is 52.0 Å². The Bertz CT molecular complexity index is 1030. The predicted molar refractivity (Wildman–Crippen MR) is 144 cm³/mol. The third kappa shape index (κ3) is 9.05. The standard InChI is InChI=1S/C22H27IN4O7S2/c23-13-5-3-4-12(8-13)19(30)25-10-17(28)26-15(21(32)33)6-1-2-7-27-18(29)9-16(20(27)31)36-22(34)14(24)11-35/h3-5,8,14-16,35H,1-2,6-7,9-11,24H2,(H,25,30)(H,26,28)(H,32,33)/t14-,15-,16?/m0/s1. The Morgan fingerprint density at radius 3 is 2.61 bits per heavy atom. The highest BCUT2D eigenvalue weighted by Crippen LogP contribution is 2.27. The topological polar surface area (TPSA) is 176 Å². The first-order chi connectivity index (χ1) is 17.0. The molecular formula is C22H27IN4O7S2. The summed E-state index contributed by atoms with van der Waals surface area (Å²) in [5, 5.41) is 13.0. The van der Waals surface area contributed by atoms with Crippen molar-refractivity contribution in [3.8, 4) is 0 Å². The molecule has 0 saturated carbocycles. The van der Waals surface area contributed by atoms with Gasteiger partial charge in [0.05, 0.1) is 12.6 Å². The number of halogens is 1. The third-order valence-electron chi connectivity index (χ3n) is 5.21. The normalized spacial score (nSPS) is 17.0. The van der Waals surface area contributed by atoms with Crippen molar-refractivity contribution < 1.29 is 33.9 Å². The van der Waals surface area contributed by atoms with Gasteiger partial charge in [-0.3, -0.25) is 28.9 Å². The molecule has 1 saturated heterocycles. The van der Waals surface area contributed by atoms with Gasteiger partial charge in [0.15, 0.2) is 0 Å². The van der Waals surface area contributed by atoms with Crippen LogP contribution in [0.1, 0.15) is 36.0 Å². The van der Waals surface area contributed by atoms with Crippen LogP contribution in [0.15, 0.2) is 24.3 Å². The second-order valence-electron chi connectivity index (χ2n) is 7.95. The number of carbonyl (C=O) groups is 6. The van der Waals surface area contributed by atoms with Crippen LogP contribution in [0, 0.1) is 3.57 Å². The first-order valence-corrected chi connectivity index (χ1v) is 13.6. The molecule has 14 heteroatoms. The van der Waals surface area contributed by atoms with Gasteiger partial charge in [-0.1, -0.05) is 17.8 Å². The third-order valence-corrected chi connectivity index (χ3v) is 7.47. The Morgan fingerprint density at radius 2 is 1.97 bits per heavy atom. The van der Waals surface area contributed by atoms with Crippen molar-refractivity contribution in [2.24, 2.45) is 5.73 Å². The second-order valence-corrected chi connectivity index (χ2v) is 10.8. The SMILES string of the molecule is N[C@@H](CS)C(=O)SC1CC(=O)N(CCCC[C@H](NC(=O)CNC(=O)c2cccc(I)c2)C(=O)O)C1=O. The Labute approximate surface area is 231 Å². The average molecular weight is 651 g/mol. The van der Waals surface area contributed by atoms with Crippen molar-refractivity contribution in [1.29, 1.82) is 0 Å². The number of thiol groups is 1. The molecule has 11 nitrogen and oxygen atoms in total. The molecule has 1 heterocycles. The van der Waals surface area contributed by atoms with Crippen molar-refractivity contribution >= 4 is 81.7 Å². The maximum atomic E-state index is 12.5. The van der Waals surface area contributed by atoms with E-state index in [4.69, 9.17) is 5.73 Å². The van der Waals surface area contributed by atoms with Crippen LogP contribution in [0.4, 0.5) is 0 Å². The number of thioether (sulfide) groups is 1. The van der Waals surface area contributed by atoms with Crippen LogP contribution in [0.2, 0.25) is 0 Å². The Balaban J connectivity index is 1.76. The first kappa shape index (κ1) is 30.1. The average Bonchev–Trinajstić information content (AvgIpc) is 3.10. The lowest BCUT2D eigenvalue weighted by Gasteiger charge is -2.17. The number of hydrogen-bond donors (Lipinski definition) is 5. The number of nitrogens with two attached hydrogens (primary N) is 1. The highest BCUT2D eigenvalue weighted by atomic mass is 127. The molecule has 0 aromatic heterocycles. The summed E-state index contributed by atoms with van der Waals surface area (Å²) < 4.78 is 0.855. The summed E-state index contributed by atoms with van der Waals surface area (Å²) in [4.78, 5) is 73.5. The summed E-state index contributed by atoms with van der Waals surface area (Å²) >= 11 is 6.74.